The van der Waals surface area contributed by atoms with Gasteiger partial charge in [-0.1, -0.05) is 0 Å². The second kappa shape index (κ2) is 6.83. The van der Waals surface area contributed by atoms with Crippen LogP contribution in [0.2, 0.25) is 0 Å². The Kier molecular flexibility index (Phi) is 5.41. The zero-order valence-electron chi connectivity index (χ0n) is 10.5. The molecule has 0 spiro atoms. The third-order valence-corrected chi connectivity index (χ3v) is 2.47. The standard InChI is InChI=1S/C12H18N2O4/c1-17-7-9(18-2)6-14-12(16)8-3-4-10(13)11(15)5-8/h3-5,9,15H,6-7,13H2,1-2H3,(H,14,16). The molecule has 6 heteroatoms. The van der Waals surface area contributed by atoms with Crippen LogP contribution >= 0.6 is 0 Å². The number of rotatable bonds is 6. The van der Waals surface area contributed by atoms with Gasteiger partial charge in [0, 0.05) is 26.3 Å². The number of amides is 1. The van der Waals surface area contributed by atoms with E-state index < -0.39 is 0 Å². The lowest BCUT2D eigenvalue weighted by Crippen LogP contribution is -2.35. The van der Waals surface area contributed by atoms with Gasteiger partial charge in [0.1, 0.15) is 5.75 Å². The van der Waals surface area contributed by atoms with Crippen LogP contribution in [0.1, 0.15) is 10.4 Å². The molecule has 1 aromatic rings. The first-order chi connectivity index (χ1) is 8.58. The van der Waals surface area contributed by atoms with E-state index in [2.05, 4.69) is 5.32 Å². The van der Waals surface area contributed by atoms with Crippen molar-refractivity contribution in [3.8, 4) is 5.75 Å². The van der Waals surface area contributed by atoms with Gasteiger partial charge in [-0.25, -0.2) is 0 Å². The summed E-state index contributed by atoms with van der Waals surface area (Å²) in [4.78, 5) is 11.8. The zero-order valence-corrected chi connectivity index (χ0v) is 10.5. The van der Waals surface area contributed by atoms with Crippen molar-refractivity contribution in [1.29, 1.82) is 0 Å². The monoisotopic (exact) mass is 254 g/mol. The molecule has 18 heavy (non-hydrogen) atoms. The Balaban J connectivity index is 2.57. The van der Waals surface area contributed by atoms with Gasteiger partial charge >= 0.3 is 0 Å². The van der Waals surface area contributed by atoms with E-state index >= 15 is 0 Å². The van der Waals surface area contributed by atoms with Gasteiger partial charge in [0.2, 0.25) is 0 Å². The Morgan fingerprint density at radius 1 is 1.50 bits per heavy atom. The molecular weight excluding hydrogens is 236 g/mol. The molecule has 100 valence electrons. The van der Waals surface area contributed by atoms with E-state index in [1.165, 1.54) is 12.1 Å². The first-order valence-electron chi connectivity index (χ1n) is 5.47. The molecule has 0 fully saturated rings. The molecule has 0 aliphatic carbocycles. The first kappa shape index (κ1) is 14.3. The molecule has 4 N–H and O–H groups in total. The Hall–Kier alpha value is -1.79. The predicted molar refractivity (Wildman–Crippen MR) is 67.5 cm³/mol. The van der Waals surface area contributed by atoms with Crippen molar-refractivity contribution in [3.63, 3.8) is 0 Å². The molecule has 1 atom stereocenters. The number of nitrogen functional groups attached to an aromatic ring is 1. The van der Waals surface area contributed by atoms with Crippen LogP contribution in [-0.4, -0.2) is 44.5 Å². The second-order valence-corrected chi connectivity index (χ2v) is 3.80. The average molecular weight is 254 g/mol. The average Bonchev–Trinajstić information content (AvgIpc) is 2.37. The fourth-order valence-electron chi connectivity index (χ4n) is 1.39. The third-order valence-electron chi connectivity index (χ3n) is 2.47. The molecule has 1 unspecified atom stereocenters. The van der Waals surface area contributed by atoms with E-state index in [1.807, 2.05) is 0 Å². The first-order valence-corrected chi connectivity index (χ1v) is 5.47. The summed E-state index contributed by atoms with van der Waals surface area (Å²) >= 11 is 0. The van der Waals surface area contributed by atoms with E-state index in [-0.39, 0.29) is 23.4 Å². The molecule has 0 heterocycles. The summed E-state index contributed by atoms with van der Waals surface area (Å²) in [5.41, 5.74) is 6.03. The van der Waals surface area contributed by atoms with Crippen LogP contribution in [0.3, 0.4) is 0 Å². The lowest BCUT2D eigenvalue weighted by Gasteiger charge is -2.15. The van der Waals surface area contributed by atoms with Crippen molar-refractivity contribution in [2.45, 2.75) is 6.10 Å². The van der Waals surface area contributed by atoms with Gasteiger partial charge in [-0.2, -0.15) is 0 Å². The molecule has 0 aliphatic heterocycles. The summed E-state index contributed by atoms with van der Waals surface area (Å²) in [6, 6.07) is 4.35. The Morgan fingerprint density at radius 3 is 2.78 bits per heavy atom. The van der Waals surface area contributed by atoms with Gasteiger partial charge in [0.15, 0.2) is 0 Å². The smallest absolute Gasteiger partial charge is 0.251 e. The van der Waals surface area contributed by atoms with Crippen molar-refractivity contribution in [2.75, 3.05) is 33.1 Å². The highest BCUT2D eigenvalue weighted by Crippen LogP contribution is 2.20. The molecule has 0 saturated carbocycles. The quantitative estimate of drug-likeness (QED) is 0.503. The summed E-state index contributed by atoms with van der Waals surface area (Å²) in [5, 5.41) is 12.1. The number of hydrogen-bond acceptors (Lipinski definition) is 5. The van der Waals surface area contributed by atoms with E-state index in [1.54, 1.807) is 20.3 Å². The number of phenols is 1. The normalized spacial score (nSPS) is 12.1. The molecule has 0 aliphatic rings. The van der Waals surface area contributed by atoms with Crippen LogP contribution in [-0.2, 0) is 9.47 Å². The van der Waals surface area contributed by atoms with Crippen molar-refractivity contribution in [1.82, 2.24) is 5.32 Å². The van der Waals surface area contributed by atoms with Crippen molar-refractivity contribution in [2.24, 2.45) is 0 Å². The molecule has 1 amide bonds. The number of carbonyl (C=O) groups is 1. The fourth-order valence-corrected chi connectivity index (χ4v) is 1.39. The number of aromatic hydroxyl groups is 1. The van der Waals surface area contributed by atoms with Crippen molar-refractivity contribution < 1.29 is 19.4 Å². The molecule has 0 bridgehead atoms. The predicted octanol–water partition coefficient (Wildman–Crippen LogP) is 0.366. The summed E-state index contributed by atoms with van der Waals surface area (Å²) < 4.78 is 10.0. The number of nitrogens with two attached hydrogens (primary N) is 1. The molecule has 1 aromatic carbocycles. The van der Waals surface area contributed by atoms with Gasteiger partial charge in [-0.3, -0.25) is 4.79 Å². The molecule has 0 aromatic heterocycles. The molecule has 1 rings (SSSR count). The molecular formula is C12H18N2O4. The Labute approximate surface area is 106 Å². The maximum absolute atomic E-state index is 11.8. The van der Waals surface area contributed by atoms with Gasteiger partial charge in [-0.15, -0.1) is 0 Å². The van der Waals surface area contributed by atoms with Gasteiger partial charge in [0.05, 0.1) is 18.4 Å². The molecule has 0 radical (unpaired) electrons. The number of nitrogens with one attached hydrogen (secondary N) is 1. The summed E-state index contributed by atoms with van der Waals surface area (Å²) in [7, 11) is 3.11. The number of anilines is 1. The zero-order chi connectivity index (χ0) is 13.5. The minimum atomic E-state index is -0.302. The van der Waals surface area contributed by atoms with Gasteiger partial charge in [-0.05, 0) is 18.2 Å². The summed E-state index contributed by atoms with van der Waals surface area (Å²) in [5.74, 6) is -0.411. The molecule has 0 saturated heterocycles. The van der Waals surface area contributed by atoms with Crippen molar-refractivity contribution >= 4 is 11.6 Å². The maximum Gasteiger partial charge on any atom is 0.251 e. The van der Waals surface area contributed by atoms with Crippen LogP contribution in [0, 0.1) is 0 Å². The summed E-state index contributed by atoms with van der Waals surface area (Å²) in [6.45, 7) is 0.720. The highest BCUT2D eigenvalue weighted by molar-refractivity contribution is 5.95. The molecule has 6 nitrogen and oxygen atoms in total. The van der Waals surface area contributed by atoms with Crippen LogP contribution in [0.25, 0.3) is 0 Å². The maximum atomic E-state index is 11.8. The van der Waals surface area contributed by atoms with Gasteiger partial charge < -0.3 is 25.6 Å². The van der Waals surface area contributed by atoms with Gasteiger partial charge in [0.25, 0.3) is 5.91 Å². The number of ether oxygens (including phenoxy) is 2. The topological polar surface area (TPSA) is 93.8 Å². The SMILES string of the molecule is COCC(CNC(=O)c1ccc(N)c(O)c1)OC. The lowest BCUT2D eigenvalue weighted by atomic mass is 10.2. The highest BCUT2D eigenvalue weighted by Gasteiger charge is 2.11. The van der Waals surface area contributed by atoms with Crippen LogP contribution in [0.5, 0.6) is 5.75 Å². The minimum Gasteiger partial charge on any atom is -0.506 e. The van der Waals surface area contributed by atoms with Crippen LogP contribution in [0.15, 0.2) is 18.2 Å². The van der Waals surface area contributed by atoms with E-state index in [0.717, 1.165) is 0 Å². The number of phenolic OH excluding ortho intramolecular Hbond substituents is 1. The highest BCUT2D eigenvalue weighted by atomic mass is 16.5. The van der Waals surface area contributed by atoms with E-state index in [9.17, 15) is 9.90 Å². The second-order valence-electron chi connectivity index (χ2n) is 3.80. The largest absolute Gasteiger partial charge is 0.506 e. The number of benzene rings is 1. The fraction of sp³-hybridized carbons (Fsp3) is 0.417. The number of carbonyl (C=O) groups excluding carboxylic acids is 1. The number of methoxy groups -OCH3 is 2. The van der Waals surface area contributed by atoms with Crippen LogP contribution < -0.4 is 11.1 Å². The minimum absolute atomic E-state index is 0.108. The number of hydrogen-bond donors (Lipinski definition) is 3. The third kappa shape index (κ3) is 3.90. The van der Waals surface area contributed by atoms with Crippen molar-refractivity contribution in [3.05, 3.63) is 23.8 Å². The summed E-state index contributed by atoms with van der Waals surface area (Å²) in [6.07, 6.45) is -0.207. The Morgan fingerprint density at radius 2 is 2.22 bits per heavy atom. The van der Waals surface area contributed by atoms with E-state index in [0.29, 0.717) is 18.7 Å². The lowest BCUT2D eigenvalue weighted by molar-refractivity contribution is 0.0285. The van der Waals surface area contributed by atoms with Crippen LogP contribution in [0.4, 0.5) is 5.69 Å². The van der Waals surface area contributed by atoms with E-state index in [4.69, 9.17) is 15.2 Å². The Bertz CT molecular complexity index is 409.